The first-order valence-electron chi connectivity index (χ1n) is 12.1. The Kier molecular flexibility index (Phi) is 9.93. The Hall–Kier alpha value is -2.78. The predicted octanol–water partition coefficient (Wildman–Crippen LogP) is 6.17. The van der Waals surface area contributed by atoms with Crippen LogP contribution in [0.25, 0.3) is 0 Å². The van der Waals surface area contributed by atoms with E-state index in [1.807, 2.05) is 20.8 Å². The van der Waals surface area contributed by atoms with Crippen molar-refractivity contribution in [1.29, 1.82) is 0 Å². The van der Waals surface area contributed by atoms with Crippen LogP contribution >= 0.6 is 34.8 Å². The molecule has 0 spiro atoms. The normalized spacial score (nSPS) is 12.5. The summed E-state index contributed by atoms with van der Waals surface area (Å²) in [5.74, 6) is -1.01. The molecule has 1 N–H and O–H groups in total. The van der Waals surface area contributed by atoms with E-state index in [1.54, 1.807) is 49.4 Å². The number of benzene rings is 3. The number of amides is 2. The van der Waals surface area contributed by atoms with Gasteiger partial charge in [0.15, 0.2) is 0 Å². The van der Waals surface area contributed by atoms with Gasteiger partial charge < -0.3 is 10.2 Å². The largest absolute Gasteiger partial charge is 0.350 e. The zero-order valence-corrected chi connectivity index (χ0v) is 25.1. The Balaban J connectivity index is 2.06. The van der Waals surface area contributed by atoms with Gasteiger partial charge in [0.1, 0.15) is 12.6 Å². The van der Waals surface area contributed by atoms with Crippen LogP contribution in [0.5, 0.6) is 0 Å². The Morgan fingerprint density at radius 2 is 1.49 bits per heavy atom. The highest BCUT2D eigenvalue weighted by atomic mass is 35.5. The number of carbonyl (C=O) groups excluding carboxylic acids is 2. The van der Waals surface area contributed by atoms with Crippen LogP contribution in [0.1, 0.15) is 33.3 Å². The summed E-state index contributed by atoms with van der Waals surface area (Å²) in [5, 5.41) is 3.65. The molecule has 7 nitrogen and oxygen atoms in total. The van der Waals surface area contributed by atoms with Gasteiger partial charge >= 0.3 is 0 Å². The van der Waals surface area contributed by atoms with Gasteiger partial charge in [-0.1, -0.05) is 71.2 Å². The van der Waals surface area contributed by atoms with E-state index >= 15 is 0 Å². The molecule has 0 aliphatic rings. The fourth-order valence-corrected chi connectivity index (χ4v) is 5.67. The first-order valence-corrected chi connectivity index (χ1v) is 14.7. The highest BCUT2D eigenvalue weighted by molar-refractivity contribution is 7.92. The lowest BCUT2D eigenvalue weighted by Crippen LogP contribution is -2.54. The molecule has 0 aliphatic carbocycles. The number of nitrogens with zero attached hydrogens (tertiary/aromatic N) is 2. The second kappa shape index (κ2) is 12.6. The standard InChI is InChI=1S/C28H30Cl3N3O4S/c1-19(27(36)32-28(2,3)4)33(17-20-10-8-9-13-23(20)29)26(35)18-34(21-14-15-24(30)25(31)16-21)39(37,38)22-11-6-5-7-12-22/h5-16,19H,17-18H2,1-4H3,(H,32,36)/t19-/m0/s1. The van der Waals surface area contributed by atoms with Crippen molar-refractivity contribution in [2.45, 2.75) is 50.7 Å². The highest BCUT2D eigenvalue weighted by Gasteiger charge is 2.33. The summed E-state index contributed by atoms with van der Waals surface area (Å²) in [6, 6.07) is 18.1. The number of hydrogen-bond acceptors (Lipinski definition) is 4. The summed E-state index contributed by atoms with van der Waals surface area (Å²) >= 11 is 18.7. The van der Waals surface area contributed by atoms with Crippen molar-refractivity contribution in [2.75, 3.05) is 10.8 Å². The van der Waals surface area contributed by atoms with Gasteiger partial charge in [-0.25, -0.2) is 8.42 Å². The van der Waals surface area contributed by atoms with Crippen LogP contribution < -0.4 is 9.62 Å². The molecule has 0 fully saturated rings. The molecule has 208 valence electrons. The smallest absolute Gasteiger partial charge is 0.264 e. The van der Waals surface area contributed by atoms with Gasteiger partial charge in [0.05, 0.1) is 20.6 Å². The van der Waals surface area contributed by atoms with Crippen LogP contribution in [0, 0.1) is 0 Å². The molecular formula is C28H30Cl3N3O4S. The van der Waals surface area contributed by atoms with Crippen molar-refractivity contribution in [2.24, 2.45) is 0 Å². The van der Waals surface area contributed by atoms with E-state index in [2.05, 4.69) is 5.32 Å². The Morgan fingerprint density at radius 3 is 2.08 bits per heavy atom. The molecule has 3 aromatic carbocycles. The minimum absolute atomic E-state index is 0.0138. The van der Waals surface area contributed by atoms with E-state index in [1.165, 1.54) is 35.2 Å². The van der Waals surface area contributed by atoms with Crippen molar-refractivity contribution in [3.05, 3.63) is 93.4 Å². The molecule has 1 atom stereocenters. The minimum atomic E-state index is -4.21. The van der Waals surface area contributed by atoms with Gasteiger partial charge in [-0.3, -0.25) is 13.9 Å². The third kappa shape index (κ3) is 7.88. The van der Waals surface area contributed by atoms with Crippen LogP contribution in [0.2, 0.25) is 15.1 Å². The summed E-state index contributed by atoms with van der Waals surface area (Å²) in [5.41, 5.74) is 0.203. The summed E-state index contributed by atoms with van der Waals surface area (Å²) in [6.07, 6.45) is 0. The Morgan fingerprint density at radius 1 is 0.872 bits per heavy atom. The molecule has 11 heteroatoms. The van der Waals surface area contributed by atoms with E-state index in [4.69, 9.17) is 34.8 Å². The molecule has 0 bridgehead atoms. The minimum Gasteiger partial charge on any atom is -0.350 e. The van der Waals surface area contributed by atoms with Crippen LogP contribution in [-0.2, 0) is 26.2 Å². The van der Waals surface area contributed by atoms with Gasteiger partial charge in [-0.15, -0.1) is 0 Å². The van der Waals surface area contributed by atoms with Gasteiger partial charge in [0.2, 0.25) is 11.8 Å². The number of nitrogens with one attached hydrogen (secondary N) is 1. The van der Waals surface area contributed by atoms with Crippen molar-refractivity contribution >= 4 is 62.3 Å². The molecule has 3 rings (SSSR count). The molecule has 0 saturated heterocycles. The van der Waals surface area contributed by atoms with E-state index < -0.39 is 40.0 Å². The number of sulfonamides is 1. The number of rotatable bonds is 9. The third-order valence-corrected chi connectivity index (χ3v) is 8.66. The van der Waals surface area contributed by atoms with Crippen molar-refractivity contribution in [1.82, 2.24) is 10.2 Å². The summed E-state index contributed by atoms with van der Waals surface area (Å²) < 4.78 is 28.5. The van der Waals surface area contributed by atoms with Crippen molar-refractivity contribution < 1.29 is 18.0 Å². The lowest BCUT2D eigenvalue weighted by Gasteiger charge is -2.33. The SMILES string of the molecule is C[C@@H](C(=O)NC(C)(C)C)N(Cc1ccccc1Cl)C(=O)CN(c1ccc(Cl)c(Cl)c1)S(=O)(=O)c1ccccc1. The Bertz CT molecular complexity index is 1440. The fraction of sp³-hybridized carbons (Fsp3) is 0.286. The molecule has 0 aromatic heterocycles. The molecule has 0 heterocycles. The second-order valence-corrected chi connectivity index (χ2v) is 13.0. The van der Waals surface area contributed by atoms with E-state index in [9.17, 15) is 18.0 Å². The molecule has 3 aromatic rings. The van der Waals surface area contributed by atoms with Crippen LogP contribution in [-0.4, -0.2) is 43.3 Å². The number of carbonyl (C=O) groups is 2. The monoisotopic (exact) mass is 609 g/mol. The number of halogens is 3. The van der Waals surface area contributed by atoms with Crippen molar-refractivity contribution in [3.63, 3.8) is 0 Å². The van der Waals surface area contributed by atoms with Crippen LogP contribution in [0.3, 0.4) is 0 Å². The van der Waals surface area contributed by atoms with Gasteiger partial charge in [0, 0.05) is 17.1 Å². The van der Waals surface area contributed by atoms with E-state index in [-0.39, 0.29) is 27.2 Å². The molecule has 0 saturated carbocycles. The lowest BCUT2D eigenvalue weighted by atomic mass is 10.1. The Labute approximate surface area is 244 Å². The lowest BCUT2D eigenvalue weighted by molar-refractivity contribution is -0.140. The van der Waals surface area contributed by atoms with E-state index in [0.29, 0.717) is 10.6 Å². The molecule has 2 amide bonds. The molecule has 0 aliphatic heterocycles. The quantitative estimate of drug-likeness (QED) is 0.314. The summed E-state index contributed by atoms with van der Waals surface area (Å²) in [4.78, 5) is 28.4. The maximum Gasteiger partial charge on any atom is 0.264 e. The molecular weight excluding hydrogens is 581 g/mol. The summed E-state index contributed by atoms with van der Waals surface area (Å²) in [7, 11) is -4.21. The summed E-state index contributed by atoms with van der Waals surface area (Å²) in [6.45, 7) is 6.46. The molecule has 0 unspecified atom stereocenters. The van der Waals surface area contributed by atoms with Crippen LogP contribution in [0.4, 0.5) is 5.69 Å². The van der Waals surface area contributed by atoms with Gasteiger partial charge in [-0.2, -0.15) is 0 Å². The van der Waals surface area contributed by atoms with E-state index in [0.717, 1.165) is 4.31 Å². The zero-order chi connectivity index (χ0) is 29.0. The topological polar surface area (TPSA) is 86.8 Å². The number of anilines is 1. The van der Waals surface area contributed by atoms with Gasteiger partial charge in [-0.05, 0) is 69.7 Å². The first kappa shape index (κ1) is 30.8. The molecule has 0 radical (unpaired) electrons. The molecule has 39 heavy (non-hydrogen) atoms. The third-order valence-electron chi connectivity index (χ3n) is 5.77. The first-order chi connectivity index (χ1) is 18.2. The highest BCUT2D eigenvalue weighted by Crippen LogP contribution is 2.31. The predicted molar refractivity (Wildman–Crippen MR) is 157 cm³/mol. The average molecular weight is 611 g/mol. The average Bonchev–Trinajstić information content (AvgIpc) is 2.87. The van der Waals surface area contributed by atoms with Gasteiger partial charge in [0.25, 0.3) is 10.0 Å². The zero-order valence-electron chi connectivity index (χ0n) is 22.0. The number of hydrogen-bond donors (Lipinski definition) is 1. The maximum atomic E-state index is 13.9. The van der Waals surface area contributed by atoms with Crippen molar-refractivity contribution in [3.8, 4) is 0 Å². The fourth-order valence-electron chi connectivity index (χ4n) is 3.76. The maximum absolute atomic E-state index is 13.9. The second-order valence-electron chi connectivity index (χ2n) is 9.95. The van der Waals surface area contributed by atoms with Crippen LogP contribution in [0.15, 0.2) is 77.7 Å².